The van der Waals surface area contributed by atoms with Gasteiger partial charge in [-0.25, -0.2) is 0 Å². The van der Waals surface area contributed by atoms with E-state index in [0.717, 1.165) is 25.2 Å². The van der Waals surface area contributed by atoms with Crippen molar-refractivity contribution in [2.75, 3.05) is 26.2 Å². The third-order valence-electron chi connectivity index (χ3n) is 3.44. The minimum absolute atomic E-state index is 0. The molecular formula is C16H28Cl2N4O2. The molecule has 1 aromatic rings. The third-order valence-corrected chi connectivity index (χ3v) is 3.44. The van der Waals surface area contributed by atoms with E-state index in [1.807, 2.05) is 12.1 Å². The lowest BCUT2D eigenvalue weighted by molar-refractivity contribution is -0.125. The Labute approximate surface area is 156 Å². The van der Waals surface area contributed by atoms with E-state index < -0.39 is 0 Å². The van der Waals surface area contributed by atoms with Crippen LogP contribution in [0.25, 0.3) is 0 Å². The van der Waals surface area contributed by atoms with Crippen LogP contribution in [0.1, 0.15) is 25.0 Å². The molecule has 138 valence electrons. The van der Waals surface area contributed by atoms with Crippen LogP contribution < -0.4 is 16.4 Å². The minimum Gasteiger partial charge on any atom is -0.350 e. The molecule has 0 aromatic heterocycles. The maximum Gasteiger partial charge on any atom is 0.239 e. The Morgan fingerprint density at radius 1 is 0.958 bits per heavy atom. The number of carbonyl (C=O) groups is 2. The fourth-order valence-electron chi connectivity index (χ4n) is 1.98. The van der Waals surface area contributed by atoms with Gasteiger partial charge in [0, 0.05) is 13.1 Å². The number of carbonyl (C=O) groups excluding carboxylic acids is 2. The number of amides is 2. The predicted octanol–water partition coefficient (Wildman–Crippen LogP) is 1.06. The molecule has 0 aliphatic rings. The SMILES string of the molecule is CCN(CC)Cc1ccc(CNC(=O)CNC(=O)CN)cc1.Cl.Cl. The van der Waals surface area contributed by atoms with Crippen LogP contribution in [-0.2, 0) is 22.7 Å². The minimum atomic E-state index is -0.337. The first-order chi connectivity index (χ1) is 10.6. The van der Waals surface area contributed by atoms with Crippen LogP contribution in [0.15, 0.2) is 24.3 Å². The van der Waals surface area contributed by atoms with E-state index in [0.29, 0.717) is 6.54 Å². The number of nitrogens with one attached hydrogen (secondary N) is 2. The van der Waals surface area contributed by atoms with E-state index >= 15 is 0 Å². The van der Waals surface area contributed by atoms with Crippen LogP contribution in [0.4, 0.5) is 0 Å². The van der Waals surface area contributed by atoms with Crippen molar-refractivity contribution < 1.29 is 9.59 Å². The Morgan fingerprint density at radius 3 is 2.00 bits per heavy atom. The molecule has 0 atom stereocenters. The van der Waals surface area contributed by atoms with Crippen molar-refractivity contribution in [1.82, 2.24) is 15.5 Å². The Bertz CT molecular complexity index is 479. The second-order valence-corrected chi connectivity index (χ2v) is 5.04. The van der Waals surface area contributed by atoms with Crippen molar-refractivity contribution in [3.05, 3.63) is 35.4 Å². The number of rotatable bonds is 9. The molecule has 0 bridgehead atoms. The number of nitrogens with two attached hydrogens (primary N) is 1. The van der Waals surface area contributed by atoms with Gasteiger partial charge in [-0.3, -0.25) is 14.5 Å². The Kier molecular flexibility index (Phi) is 14.6. The van der Waals surface area contributed by atoms with Gasteiger partial charge in [-0.05, 0) is 24.2 Å². The summed E-state index contributed by atoms with van der Waals surface area (Å²) in [5.74, 6) is -0.565. The fraction of sp³-hybridized carbons (Fsp3) is 0.500. The van der Waals surface area contributed by atoms with Gasteiger partial charge in [0.05, 0.1) is 13.1 Å². The molecule has 1 rings (SSSR count). The third kappa shape index (κ3) is 9.72. The molecule has 0 spiro atoms. The Balaban J connectivity index is 0. The Morgan fingerprint density at radius 2 is 1.50 bits per heavy atom. The molecule has 0 aliphatic carbocycles. The summed E-state index contributed by atoms with van der Waals surface area (Å²) in [6, 6.07) is 8.18. The standard InChI is InChI=1S/C16H26N4O2.2ClH/c1-3-20(4-2)12-14-7-5-13(6-8-14)10-18-16(22)11-19-15(21)9-17;;/h5-8H,3-4,9-12,17H2,1-2H3,(H,18,22)(H,19,21);2*1H. The first-order valence-corrected chi connectivity index (χ1v) is 7.62. The summed E-state index contributed by atoms with van der Waals surface area (Å²) in [4.78, 5) is 24.8. The summed E-state index contributed by atoms with van der Waals surface area (Å²) in [5.41, 5.74) is 7.43. The van der Waals surface area contributed by atoms with Gasteiger partial charge in [0.1, 0.15) is 0 Å². The molecule has 0 aliphatic heterocycles. The number of nitrogens with zero attached hydrogens (tertiary/aromatic N) is 1. The second kappa shape index (κ2) is 14.0. The van der Waals surface area contributed by atoms with Crippen LogP contribution in [-0.4, -0.2) is 42.9 Å². The maximum absolute atomic E-state index is 11.6. The lowest BCUT2D eigenvalue weighted by atomic mass is 10.1. The maximum atomic E-state index is 11.6. The summed E-state index contributed by atoms with van der Waals surface area (Å²) < 4.78 is 0. The molecule has 0 fully saturated rings. The van der Waals surface area contributed by atoms with Gasteiger partial charge in [-0.1, -0.05) is 38.1 Å². The highest BCUT2D eigenvalue weighted by molar-refractivity contribution is 5.86. The van der Waals surface area contributed by atoms with Gasteiger partial charge >= 0.3 is 0 Å². The molecule has 24 heavy (non-hydrogen) atoms. The molecule has 6 nitrogen and oxygen atoms in total. The zero-order valence-electron chi connectivity index (χ0n) is 14.2. The van der Waals surface area contributed by atoms with Crippen molar-refractivity contribution in [3.8, 4) is 0 Å². The zero-order chi connectivity index (χ0) is 16.4. The van der Waals surface area contributed by atoms with Gasteiger partial charge in [0.15, 0.2) is 0 Å². The van der Waals surface area contributed by atoms with Crippen molar-refractivity contribution in [2.24, 2.45) is 5.73 Å². The quantitative estimate of drug-likeness (QED) is 0.599. The molecule has 0 radical (unpaired) electrons. The summed E-state index contributed by atoms with van der Waals surface area (Å²) >= 11 is 0. The highest BCUT2D eigenvalue weighted by Gasteiger charge is 2.04. The van der Waals surface area contributed by atoms with Gasteiger partial charge < -0.3 is 16.4 Å². The van der Waals surface area contributed by atoms with E-state index in [1.165, 1.54) is 5.56 Å². The first kappa shape index (κ1) is 24.9. The largest absolute Gasteiger partial charge is 0.350 e. The monoisotopic (exact) mass is 378 g/mol. The van der Waals surface area contributed by atoms with Gasteiger partial charge in [-0.15, -0.1) is 24.8 Å². The van der Waals surface area contributed by atoms with E-state index in [9.17, 15) is 9.59 Å². The molecule has 4 N–H and O–H groups in total. The number of benzene rings is 1. The van der Waals surface area contributed by atoms with E-state index in [4.69, 9.17) is 5.73 Å². The zero-order valence-corrected chi connectivity index (χ0v) is 15.8. The van der Waals surface area contributed by atoms with Crippen LogP contribution >= 0.6 is 24.8 Å². The number of halogens is 2. The average molecular weight is 379 g/mol. The van der Waals surface area contributed by atoms with E-state index in [2.05, 4.69) is 41.5 Å². The number of hydrogen-bond donors (Lipinski definition) is 3. The summed E-state index contributed by atoms with van der Waals surface area (Å²) in [7, 11) is 0. The molecule has 0 heterocycles. The smallest absolute Gasteiger partial charge is 0.239 e. The van der Waals surface area contributed by atoms with Crippen LogP contribution in [0.3, 0.4) is 0 Å². The van der Waals surface area contributed by atoms with Gasteiger partial charge in [-0.2, -0.15) is 0 Å². The molecule has 2 amide bonds. The topological polar surface area (TPSA) is 87.5 Å². The summed E-state index contributed by atoms with van der Waals surface area (Å²) in [5, 5.41) is 5.19. The summed E-state index contributed by atoms with van der Waals surface area (Å²) in [6.07, 6.45) is 0. The van der Waals surface area contributed by atoms with Gasteiger partial charge in [0.25, 0.3) is 0 Å². The lowest BCUT2D eigenvalue weighted by Gasteiger charge is -2.18. The van der Waals surface area contributed by atoms with Crippen molar-refractivity contribution in [1.29, 1.82) is 0 Å². The normalized spacial score (nSPS) is 9.67. The molecule has 0 saturated carbocycles. The van der Waals surface area contributed by atoms with Crippen LogP contribution in [0.2, 0.25) is 0 Å². The molecule has 1 aromatic carbocycles. The van der Waals surface area contributed by atoms with Crippen molar-refractivity contribution in [2.45, 2.75) is 26.9 Å². The van der Waals surface area contributed by atoms with Crippen molar-refractivity contribution >= 4 is 36.6 Å². The molecular weight excluding hydrogens is 351 g/mol. The first-order valence-electron chi connectivity index (χ1n) is 7.62. The van der Waals surface area contributed by atoms with Crippen molar-refractivity contribution in [3.63, 3.8) is 0 Å². The highest BCUT2D eigenvalue weighted by atomic mass is 35.5. The summed E-state index contributed by atoms with van der Waals surface area (Å²) in [6.45, 7) is 7.59. The van der Waals surface area contributed by atoms with Crippen LogP contribution in [0, 0.1) is 0 Å². The predicted molar refractivity (Wildman–Crippen MR) is 101 cm³/mol. The number of hydrogen-bond acceptors (Lipinski definition) is 4. The Hall–Kier alpha value is -1.34. The van der Waals surface area contributed by atoms with Gasteiger partial charge in [0.2, 0.25) is 11.8 Å². The fourth-order valence-corrected chi connectivity index (χ4v) is 1.98. The second-order valence-electron chi connectivity index (χ2n) is 5.04. The van der Waals surface area contributed by atoms with Crippen LogP contribution in [0.5, 0.6) is 0 Å². The average Bonchev–Trinajstić information content (AvgIpc) is 2.56. The van der Waals surface area contributed by atoms with E-state index in [-0.39, 0.29) is 49.7 Å². The highest BCUT2D eigenvalue weighted by Crippen LogP contribution is 2.07. The molecule has 0 saturated heterocycles. The van der Waals surface area contributed by atoms with E-state index in [1.54, 1.807) is 0 Å². The lowest BCUT2D eigenvalue weighted by Crippen LogP contribution is -2.39. The molecule has 8 heteroatoms. The molecule has 0 unspecified atom stereocenters.